The minimum Gasteiger partial charge on any atom is -0.466 e. The van der Waals surface area contributed by atoms with Crippen LogP contribution in [-0.2, 0) is 13.0 Å². The molecule has 3 aromatic rings. The lowest BCUT2D eigenvalue weighted by molar-refractivity contribution is 0.471. The summed E-state index contributed by atoms with van der Waals surface area (Å²) in [5.41, 5.74) is 1.36. The van der Waals surface area contributed by atoms with Crippen molar-refractivity contribution in [2.45, 2.75) is 49.3 Å². The predicted molar refractivity (Wildman–Crippen MR) is 112 cm³/mol. The number of furan rings is 1. The summed E-state index contributed by atoms with van der Waals surface area (Å²) in [6.07, 6.45) is 10.5. The van der Waals surface area contributed by atoms with Gasteiger partial charge in [0, 0.05) is 54.3 Å². The number of hydrogen-bond acceptors (Lipinski definition) is 4. The highest BCUT2D eigenvalue weighted by atomic mass is 32.2. The van der Waals surface area contributed by atoms with Crippen LogP contribution in [0.15, 0.2) is 64.4 Å². The van der Waals surface area contributed by atoms with Gasteiger partial charge in [-0.1, -0.05) is 0 Å². The number of rotatable bonds is 8. The normalized spacial score (nSPS) is 15.4. The van der Waals surface area contributed by atoms with Crippen molar-refractivity contribution in [3.05, 3.63) is 66.6 Å². The Labute approximate surface area is 165 Å². The van der Waals surface area contributed by atoms with Crippen LogP contribution in [0.3, 0.4) is 0 Å². The number of aromatic nitrogens is 2. The molecule has 0 radical (unpaired) electrons. The van der Waals surface area contributed by atoms with Gasteiger partial charge in [0.15, 0.2) is 0 Å². The third kappa shape index (κ3) is 4.98. The lowest BCUT2D eigenvalue weighted by Crippen LogP contribution is -2.17. The van der Waals surface area contributed by atoms with E-state index in [4.69, 9.17) is 4.42 Å². The van der Waals surface area contributed by atoms with Crippen molar-refractivity contribution < 1.29 is 4.42 Å². The maximum Gasteiger partial charge on any atom is 0.104 e. The standard InChI is InChI=1S/C22H27N3OS/c1-18-4-7-20(26-18)8-11-22(16-24-15-12-23-17-24)27-21-9-5-19(6-10-21)25-13-2-3-14-25/h4-7,9-10,12,15,17,22H,2-3,8,11,13-14,16H2,1H3. The Balaban J connectivity index is 1.41. The Morgan fingerprint density at radius 2 is 1.93 bits per heavy atom. The molecule has 2 aromatic heterocycles. The number of nitrogens with zero attached hydrogens (tertiary/aromatic N) is 3. The molecule has 0 N–H and O–H groups in total. The highest BCUT2D eigenvalue weighted by Crippen LogP contribution is 2.30. The van der Waals surface area contributed by atoms with Crippen molar-refractivity contribution in [2.75, 3.05) is 18.0 Å². The molecular formula is C22H27N3OS. The minimum absolute atomic E-state index is 0.474. The molecule has 1 aliphatic rings. The quantitative estimate of drug-likeness (QED) is 0.504. The van der Waals surface area contributed by atoms with Crippen LogP contribution >= 0.6 is 11.8 Å². The second-order valence-electron chi connectivity index (χ2n) is 7.24. The molecule has 1 saturated heterocycles. The van der Waals surface area contributed by atoms with Gasteiger partial charge in [0.1, 0.15) is 11.5 Å². The predicted octanol–water partition coefficient (Wildman–Crippen LogP) is 5.18. The van der Waals surface area contributed by atoms with Gasteiger partial charge in [-0.3, -0.25) is 0 Å². The van der Waals surface area contributed by atoms with Crippen LogP contribution in [0.2, 0.25) is 0 Å². The fourth-order valence-electron chi connectivity index (χ4n) is 3.64. The number of benzene rings is 1. The second-order valence-corrected chi connectivity index (χ2v) is 8.61. The van der Waals surface area contributed by atoms with Crippen molar-refractivity contribution in [2.24, 2.45) is 0 Å². The lowest BCUT2D eigenvalue weighted by atomic mass is 10.2. The van der Waals surface area contributed by atoms with Gasteiger partial charge < -0.3 is 13.9 Å². The molecule has 1 unspecified atom stereocenters. The molecule has 1 fully saturated rings. The topological polar surface area (TPSA) is 34.2 Å². The highest BCUT2D eigenvalue weighted by Gasteiger charge is 2.15. The number of aryl methyl sites for hydroxylation is 2. The van der Waals surface area contributed by atoms with Gasteiger partial charge in [-0.2, -0.15) is 0 Å². The van der Waals surface area contributed by atoms with Crippen molar-refractivity contribution in [1.82, 2.24) is 9.55 Å². The van der Waals surface area contributed by atoms with Gasteiger partial charge >= 0.3 is 0 Å². The summed E-state index contributed by atoms with van der Waals surface area (Å²) >= 11 is 1.96. The second kappa shape index (κ2) is 8.70. The maximum atomic E-state index is 5.76. The molecule has 4 nitrogen and oxygen atoms in total. The zero-order valence-electron chi connectivity index (χ0n) is 15.9. The van der Waals surface area contributed by atoms with Crippen molar-refractivity contribution in [1.29, 1.82) is 0 Å². The molecular weight excluding hydrogens is 354 g/mol. The van der Waals surface area contributed by atoms with E-state index < -0.39 is 0 Å². The van der Waals surface area contributed by atoms with Crippen molar-refractivity contribution in [3.63, 3.8) is 0 Å². The number of hydrogen-bond donors (Lipinski definition) is 0. The van der Waals surface area contributed by atoms with E-state index >= 15 is 0 Å². The van der Waals surface area contributed by atoms with Crippen LogP contribution in [0.1, 0.15) is 30.8 Å². The average molecular weight is 382 g/mol. The van der Waals surface area contributed by atoms with Gasteiger partial charge in [-0.05, 0) is 62.6 Å². The van der Waals surface area contributed by atoms with Crippen LogP contribution in [0.5, 0.6) is 0 Å². The van der Waals surface area contributed by atoms with E-state index in [1.54, 1.807) is 0 Å². The van der Waals surface area contributed by atoms with E-state index in [9.17, 15) is 0 Å². The number of anilines is 1. The highest BCUT2D eigenvalue weighted by molar-refractivity contribution is 8.00. The molecule has 1 aromatic carbocycles. The van der Waals surface area contributed by atoms with Crippen molar-refractivity contribution >= 4 is 17.4 Å². The molecule has 0 aliphatic carbocycles. The van der Waals surface area contributed by atoms with Gasteiger partial charge in [0.25, 0.3) is 0 Å². The van der Waals surface area contributed by atoms with Crippen LogP contribution in [0, 0.1) is 6.92 Å². The molecule has 3 heterocycles. The summed E-state index contributed by atoms with van der Waals surface area (Å²) in [7, 11) is 0. The summed E-state index contributed by atoms with van der Waals surface area (Å²) in [5.74, 6) is 2.06. The third-order valence-electron chi connectivity index (χ3n) is 5.09. The summed E-state index contributed by atoms with van der Waals surface area (Å²) in [5, 5.41) is 0.474. The van der Waals surface area contributed by atoms with Crippen LogP contribution < -0.4 is 4.90 Å². The van der Waals surface area contributed by atoms with Gasteiger partial charge in [0.05, 0.1) is 6.33 Å². The first kappa shape index (κ1) is 18.2. The van der Waals surface area contributed by atoms with E-state index in [2.05, 4.69) is 44.8 Å². The summed E-state index contributed by atoms with van der Waals surface area (Å²) in [6.45, 7) is 5.35. The zero-order valence-corrected chi connectivity index (χ0v) is 16.7. The smallest absolute Gasteiger partial charge is 0.104 e. The van der Waals surface area contributed by atoms with E-state index in [-0.39, 0.29) is 0 Å². The van der Waals surface area contributed by atoms with Crippen molar-refractivity contribution in [3.8, 4) is 0 Å². The Morgan fingerprint density at radius 3 is 2.59 bits per heavy atom. The van der Waals surface area contributed by atoms with E-state index in [0.29, 0.717) is 5.25 Å². The van der Waals surface area contributed by atoms with Gasteiger partial charge in [0.2, 0.25) is 0 Å². The molecule has 27 heavy (non-hydrogen) atoms. The molecule has 1 aliphatic heterocycles. The molecule has 0 bridgehead atoms. The van der Waals surface area contributed by atoms with E-state index in [1.165, 1.54) is 36.5 Å². The molecule has 0 amide bonds. The first-order chi connectivity index (χ1) is 13.3. The molecule has 1 atom stereocenters. The molecule has 0 saturated carbocycles. The first-order valence-corrected chi connectivity index (χ1v) is 10.7. The first-order valence-electron chi connectivity index (χ1n) is 9.79. The minimum atomic E-state index is 0.474. The van der Waals surface area contributed by atoms with E-state index in [1.807, 2.05) is 43.5 Å². The fraction of sp³-hybridized carbons (Fsp3) is 0.409. The Morgan fingerprint density at radius 1 is 1.11 bits per heavy atom. The monoisotopic (exact) mass is 381 g/mol. The molecule has 4 rings (SSSR count). The summed E-state index contributed by atoms with van der Waals surface area (Å²) in [4.78, 5) is 8.00. The third-order valence-corrected chi connectivity index (χ3v) is 6.36. The maximum absolute atomic E-state index is 5.76. The summed E-state index contributed by atoms with van der Waals surface area (Å²) < 4.78 is 7.93. The SMILES string of the molecule is Cc1ccc(CCC(Cn2ccnc2)Sc2ccc(N3CCCC3)cc2)o1. The van der Waals surface area contributed by atoms with Crippen LogP contribution in [-0.4, -0.2) is 27.9 Å². The molecule has 5 heteroatoms. The lowest BCUT2D eigenvalue weighted by Gasteiger charge is -2.19. The zero-order chi connectivity index (χ0) is 18.5. The number of thioether (sulfide) groups is 1. The van der Waals surface area contributed by atoms with Gasteiger partial charge in [-0.15, -0.1) is 11.8 Å². The van der Waals surface area contributed by atoms with Crippen LogP contribution in [0.4, 0.5) is 5.69 Å². The Bertz CT molecular complexity index is 820. The largest absolute Gasteiger partial charge is 0.466 e. The van der Waals surface area contributed by atoms with Gasteiger partial charge in [-0.25, -0.2) is 4.98 Å². The Kier molecular flexibility index (Phi) is 5.87. The molecule has 142 valence electrons. The average Bonchev–Trinajstić information content (AvgIpc) is 3.44. The Hall–Kier alpha value is -2.14. The van der Waals surface area contributed by atoms with Crippen LogP contribution in [0.25, 0.3) is 0 Å². The number of imidazole rings is 1. The molecule has 0 spiro atoms. The summed E-state index contributed by atoms with van der Waals surface area (Å²) in [6, 6.07) is 13.2. The van der Waals surface area contributed by atoms with E-state index in [0.717, 1.165) is 30.9 Å². The fourth-order valence-corrected chi connectivity index (χ4v) is 4.80.